The zero-order valence-electron chi connectivity index (χ0n) is 18.4. The van der Waals surface area contributed by atoms with E-state index in [9.17, 15) is 4.79 Å². The van der Waals surface area contributed by atoms with Gasteiger partial charge in [-0.25, -0.2) is 9.78 Å². The van der Waals surface area contributed by atoms with Crippen molar-refractivity contribution in [3.8, 4) is 22.6 Å². The van der Waals surface area contributed by atoms with E-state index in [1.807, 2.05) is 69.5 Å². The van der Waals surface area contributed by atoms with Crippen LogP contribution in [0.5, 0.6) is 5.75 Å². The van der Waals surface area contributed by atoms with E-state index in [0.717, 1.165) is 27.5 Å². The number of nitrogens with one attached hydrogen (secondary N) is 1. The lowest BCUT2D eigenvalue weighted by atomic mass is 10.0. The van der Waals surface area contributed by atoms with E-state index in [-0.39, 0.29) is 6.04 Å². The second kappa shape index (κ2) is 9.27. The summed E-state index contributed by atoms with van der Waals surface area (Å²) in [5.74, 6) is 1.11. The van der Waals surface area contributed by atoms with Crippen LogP contribution in [0.25, 0.3) is 16.8 Å². The Hall–Kier alpha value is -3.59. The molecule has 1 atom stereocenters. The fourth-order valence-electron chi connectivity index (χ4n) is 3.27. The Morgan fingerprint density at radius 1 is 1.16 bits per heavy atom. The van der Waals surface area contributed by atoms with Gasteiger partial charge < -0.3 is 10.1 Å². The van der Waals surface area contributed by atoms with Gasteiger partial charge in [0.05, 0.1) is 22.4 Å². The molecule has 0 bridgehead atoms. The smallest absolute Gasteiger partial charge is 0.410 e. The molecule has 0 aliphatic carbocycles. The Morgan fingerprint density at radius 3 is 2.62 bits per heavy atom. The van der Waals surface area contributed by atoms with Crippen LogP contribution in [-0.2, 0) is 6.42 Å². The number of ether oxygens (including phenoxy) is 1. The number of nitrogens with zero attached hydrogens (tertiary/aromatic N) is 5. The van der Waals surface area contributed by atoms with Crippen LogP contribution in [0, 0.1) is 13.8 Å². The van der Waals surface area contributed by atoms with E-state index in [0.29, 0.717) is 18.0 Å². The van der Waals surface area contributed by atoms with Crippen LogP contribution in [0.1, 0.15) is 42.0 Å². The summed E-state index contributed by atoms with van der Waals surface area (Å²) in [7, 11) is 0. The molecule has 9 heteroatoms. The summed E-state index contributed by atoms with van der Waals surface area (Å²) in [6, 6.07) is 13.5. The van der Waals surface area contributed by atoms with Crippen molar-refractivity contribution in [1.82, 2.24) is 30.5 Å². The third-order valence-electron chi connectivity index (χ3n) is 5.00. The molecular formula is C23H24N6O2S. The topological polar surface area (TPSA) is 94.8 Å². The van der Waals surface area contributed by atoms with E-state index < -0.39 is 6.09 Å². The first-order valence-corrected chi connectivity index (χ1v) is 11.2. The van der Waals surface area contributed by atoms with E-state index in [1.165, 1.54) is 5.56 Å². The summed E-state index contributed by atoms with van der Waals surface area (Å²) in [6.07, 6.45) is 0.116. The lowest BCUT2D eigenvalue weighted by Crippen LogP contribution is -2.29. The Labute approximate surface area is 190 Å². The maximum atomic E-state index is 12.6. The van der Waals surface area contributed by atoms with Crippen LogP contribution in [0.4, 0.5) is 4.79 Å². The predicted octanol–water partition coefficient (Wildman–Crippen LogP) is 4.81. The molecule has 0 aliphatic rings. The third kappa shape index (κ3) is 4.83. The van der Waals surface area contributed by atoms with Crippen LogP contribution in [0.3, 0.4) is 0 Å². The second-order valence-corrected chi connectivity index (χ2v) is 8.55. The highest BCUT2D eigenvalue weighted by atomic mass is 32.1. The normalized spacial score (nSPS) is 11.9. The molecule has 1 unspecified atom stereocenters. The van der Waals surface area contributed by atoms with Gasteiger partial charge in [0.1, 0.15) is 5.75 Å². The molecule has 4 rings (SSSR count). The van der Waals surface area contributed by atoms with Crippen LogP contribution in [0.2, 0.25) is 0 Å². The average molecular weight is 449 g/mol. The van der Waals surface area contributed by atoms with E-state index >= 15 is 0 Å². The Morgan fingerprint density at radius 2 is 1.94 bits per heavy atom. The first-order valence-electron chi connectivity index (χ1n) is 10.3. The summed E-state index contributed by atoms with van der Waals surface area (Å²) in [6.45, 7) is 7.83. The van der Waals surface area contributed by atoms with Gasteiger partial charge in [-0.3, -0.25) is 0 Å². The van der Waals surface area contributed by atoms with Gasteiger partial charge in [0.2, 0.25) is 0 Å². The van der Waals surface area contributed by atoms with Gasteiger partial charge in [-0.05, 0) is 54.5 Å². The minimum absolute atomic E-state index is 0.265. The molecule has 4 aromatic rings. The molecule has 1 amide bonds. The largest absolute Gasteiger partial charge is 0.413 e. The fourth-order valence-corrected chi connectivity index (χ4v) is 3.98. The zero-order valence-corrected chi connectivity index (χ0v) is 19.2. The second-order valence-electron chi connectivity index (χ2n) is 7.49. The number of aryl methyl sites for hydroxylation is 3. The lowest BCUT2D eigenvalue weighted by Gasteiger charge is -2.14. The van der Waals surface area contributed by atoms with Crippen molar-refractivity contribution in [2.24, 2.45) is 0 Å². The molecule has 32 heavy (non-hydrogen) atoms. The number of carbonyl (C=O) groups is 1. The molecule has 8 nitrogen and oxygen atoms in total. The van der Waals surface area contributed by atoms with E-state index in [1.54, 1.807) is 22.1 Å². The molecule has 0 saturated carbocycles. The number of hydrogen-bond acceptors (Lipinski definition) is 7. The van der Waals surface area contributed by atoms with Gasteiger partial charge in [-0.2, -0.15) is 4.68 Å². The monoisotopic (exact) mass is 448 g/mol. The standard InChI is InChI=1S/C23H24N6O2S/c1-5-22-26-27-28-29(22)19-10-18(17-8-6-14(2)7-9-17)11-20(12-19)31-23(30)24-15(3)21-13-32-16(4)25-21/h6-13,15H,5H2,1-4H3,(H,24,30). The third-order valence-corrected chi connectivity index (χ3v) is 5.79. The van der Waals surface area contributed by atoms with Crippen molar-refractivity contribution >= 4 is 17.4 Å². The van der Waals surface area contributed by atoms with Gasteiger partial charge >= 0.3 is 6.09 Å². The zero-order chi connectivity index (χ0) is 22.7. The molecule has 0 fully saturated rings. The van der Waals surface area contributed by atoms with Gasteiger partial charge in [0.15, 0.2) is 5.82 Å². The van der Waals surface area contributed by atoms with Gasteiger partial charge in [-0.15, -0.1) is 16.4 Å². The molecule has 0 saturated heterocycles. The summed E-state index contributed by atoms with van der Waals surface area (Å²) in [5, 5.41) is 17.7. The maximum absolute atomic E-state index is 12.6. The number of rotatable bonds is 6. The molecule has 0 radical (unpaired) electrons. The van der Waals surface area contributed by atoms with Crippen LogP contribution in [0.15, 0.2) is 47.8 Å². The number of amides is 1. The minimum Gasteiger partial charge on any atom is -0.410 e. The molecule has 2 aromatic carbocycles. The fraction of sp³-hybridized carbons (Fsp3) is 0.261. The number of hydrogen-bond donors (Lipinski definition) is 1. The highest BCUT2D eigenvalue weighted by Gasteiger charge is 2.16. The van der Waals surface area contributed by atoms with E-state index in [4.69, 9.17) is 4.74 Å². The van der Waals surface area contributed by atoms with Crippen LogP contribution >= 0.6 is 11.3 Å². The first kappa shape index (κ1) is 21.6. The van der Waals surface area contributed by atoms with Crippen molar-refractivity contribution in [2.75, 3.05) is 0 Å². The summed E-state index contributed by atoms with van der Waals surface area (Å²) < 4.78 is 7.31. The summed E-state index contributed by atoms with van der Waals surface area (Å²) in [4.78, 5) is 17.0. The minimum atomic E-state index is -0.553. The Bertz CT molecular complexity index is 1230. The molecule has 0 aliphatic heterocycles. The summed E-state index contributed by atoms with van der Waals surface area (Å²) in [5.41, 5.74) is 4.59. The molecular weight excluding hydrogens is 424 g/mol. The number of tetrazole rings is 1. The number of thiazole rings is 1. The quantitative estimate of drug-likeness (QED) is 0.455. The van der Waals surface area contributed by atoms with Gasteiger partial charge in [0, 0.05) is 17.9 Å². The molecule has 0 spiro atoms. The predicted molar refractivity (Wildman–Crippen MR) is 123 cm³/mol. The highest BCUT2D eigenvalue weighted by molar-refractivity contribution is 7.09. The van der Waals surface area contributed by atoms with Crippen molar-refractivity contribution in [2.45, 2.75) is 40.2 Å². The lowest BCUT2D eigenvalue weighted by molar-refractivity contribution is 0.197. The SMILES string of the molecule is CCc1nnnn1-c1cc(OC(=O)NC(C)c2csc(C)n2)cc(-c2ccc(C)cc2)c1. The van der Waals surface area contributed by atoms with Crippen LogP contribution in [-0.4, -0.2) is 31.3 Å². The summed E-state index contributed by atoms with van der Waals surface area (Å²) >= 11 is 1.54. The van der Waals surface area contributed by atoms with Gasteiger partial charge in [0.25, 0.3) is 0 Å². The van der Waals surface area contributed by atoms with Crippen molar-refractivity contribution in [1.29, 1.82) is 0 Å². The van der Waals surface area contributed by atoms with Gasteiger partial charge in [-0.1, -0.05) is 36.8 Å². The highest BCUT2D eigenvalue weighted by Crippen LogP contribution is 2.29. The Balaban J connectivity index is 1.64. The van der Waals surface area contributed by atoms with Crippen LogP contribution < -0.4 is 10.1 Å². The number of aromatic nitrogens is 5. The maximum Gasteiger partial charge on any atom is 0.413 e. The Kier molecular flexibility index (Phi) is 6.27. The van der Waals surface area contributed by atoms with E-state index in [2.05, 4.69) is 25.8 Å². The number of carbonyl (C=O) groups excluding carboxylic acids is 1. The first-order chi connectivity index (χ1) is 15.4. The molecule has 1 N–H and O–H groups in total. The molecule has 2 aromatic heterocycles. The van der Waals surface area contributed by atoms with Crippen molar-refractivity contribution in [3.63, 3.8) is 0 Å². The number of benzene rings is 2. The molecule has 164 valence electrons. The van der Waals surface area contributed by atoms with Crippen molar-refractivity contribution < 1.29 is 9.53 Å². The van der Waals surface area contributed by atoms with Crippen molar-refractivity contribution in [3.05, 3.63) is 69.9 Å². The molecule has 2 heterocycles. The average Bonchev–Trinajstić information content (AvgIpc) is 3.42.